The van der Waals surface area contributed by atoms with Gasteiger partial charge in [-0.1, -0.05) is 36.4 Å². The Morgan fingerprint density at radius 3 is 2.29 bits per heavy atom. The molecular formula is C23H28N4O+2. The van der Waals surface area contributed by atoms with Crippen molar-refractivity contribution in [1.29, 1.82) is 5.26 Å². The van der Waals surface area contributed by atoms with Crippen LogP contribution in [0.3, 0.4) is 0 Å². The van der Waals surface area contributed by atoms with E-state index in [4.69, 9.17) is 5.26 Å². The van der Waals surface area contributed by atoms with Gasteiger partial charge >= 0.3 is 0 Å². The van der Waals surface area contributed by atoms with Crippen LogP contribution in [0.4, 0.5) is 5.69 Å². The largest absolute Gasteiger partial charge is 0.322 e. The molecule has 28 heavy (non-hydrogen) atoms. The maximum absolute atomic E-state index is 12.9. The second-order valence-electron chi connectivity index (χ2n) is 7.29. The van der Waals surface area contributed by atoms with Gasteiger partial charge in [-0.05, 0) is 24.3 Å². The van der Waals surface area contributed by atoms with Gasteiger partial charge in [0.2, 0.25) is 0 Å². The summed E-state index contributed by atoms with van der Waals surface area (Å²) < 4.78 is 0. The lowest BCUT2D eigenvalue weighted by molar-refractivity contribution is -1.02. The van der Waals surface area contributed by atoms with Gasteiger partial charge in [0.05, 0.1) is 11.6 Å². The molecule has 0 atom stereocenters. The fourth-order valence-corrected chi connectivity index (χ4v) is 3.69. The summed E-state index contributed by atoms with van der Waals surface area (Å²) in [6.45, 7) is 9.91. The van der Waals surface area contributed by atoms with Gasteiger partial charge in [0.1, 0.15) is 32.7 Å². The number of piperazine rings is 1. The number of rotatable bonds is 7. The molecule has 0 bridgehead atoms. The molecule has 2 aromatic rings. The van der Waals surface area contributed by atoms with Crippen LogP contribution in [-0.2, 0) is 11.3 Å². The smallest absolute Gasteiger partial charge is 0.282 e. The van der Waals surface area contributed by atoms with Crippen LogP contribution >= 0.6 is 0 Å². The number of amides is 1. The average molecular weight is 377 g/mol. The molecule has 2 aromatic carbocycles. The molecule has 1 saturated heterocycles. The van der Waals surface area contributed by atoms with E-state index in [0.29, 0.717) is 18.7 Å². The van der Waals surface area contributed by atoms with Crippen molar-refractivity contribution >= 4 is 11.6 Å². The Bertz CT molecular complexity index is 818. The standard InChI is InChI=1S/C23H26N4O/c1-2-12-27(22-6-4-3-5-7-22)23(28)19-26-15-13-25(14-16-26)18-21-10-8-20(17-24)9-11-21/h2-11H,1,12-16,18-19H2/p+2. The molecule has 1 heterocycles. The molecule has 0 saturated carbocycles. The molecule has 1 aliphatic rings. The lowest BCUT2D eigenvalue weighted by atomic mass is 10.1. The lowest BCUT2D eigenvalue weighted by Crippen LogP contribution is -3.28. The quantitative estimate of drug-likeness (QED) is 0.672. The highest BCUT2D eigenvalue weighted by Crippen LogP contribution is 2.12. The van der Waals surface area contributed by atoms with Gasteiger partial charge in [-0.2, -0.15) is 5.26 Å². The zero-order valence-corrected chi connectivity index (χ0v) is 16.2. The van der Waals surface area contributed by atoms with Crippen LogP contribution in [-0.4, -0.2) is 45.2 Å². The summed E-state index contributed by atoms with van der Waals surface area (Å²) >= 11 is 0. The Balaban J connectivity index is 1.50. The van der Waals surface area contributed by atoms with Gasteiger partial charge in [0.15, 0.2) is 6.54 Å². The number of carbonyl (C=O) groups excluding carboxylic acids is 1. The maximum Gasteiger partial charge on any atom is 0.282 e. The van der Waals surface area contributed by atoms with Crippen LogP contribution in [0.15, 0.2) is 67.3 Å². The van der Waals surface area contributed by atoms with Crippen LogP contribution in [0, 0.1) is 11.3 Å². The molecule has 0 unspecified atom stereocenters. The number of carbonyl (C=O) groups is 1. The first-order valence-corrected chi connectivity index (χ1v) is 9.82. The zero-order chi connectivity index (χ0) is 19.8. The first kappa shape index (κ1) is 19.8. The molecule has 3 rings (SSSR count). The predicted octanol–water partition coefficient (Wildman–Crippen LogP) is 0.0609. The molecule has 5 heteroatoms. The molecular weight excluding hydrogens is 348 g/mol. The second kappa shape index (κ2) is 9.84. The Kier molecular flexibility index (Phi) is 6.96. The minimum Gasteiger partial charge on any atom is -0.322 e. The van der Waals surface area contributed by atoms with Crippen LogP contribution in [0.1, 0.15) is 11.1 Å². The number of benzene rings is 2. The number of para-hydroxylation sites is 1. The second-order valence-corrected chi connectivity index (χ2v) is 7.29. The Morgan fingerprint density at radius 1 is 1.04 bits per heavy atom. The first-order chi connectivity index (χ1) is 13.7. The van der Waals surface area contributed by atoms with Crippen molar-refractivity contribution in [3.05, 3.63) is 78.4 Å². The minimum atomic E-state index is 0.150. The van der Waals surface area contributed by atoms with E-state index in [9.17, 15) is 4.79 Å². The van der Waals surface area contributed by atoms with Crippen molar-refractivity contribution in [2.75, 3.05) is 44.2 Å². The number of hydrogen-bond donors (Lipinski definition) is 2. The fourth-order valence-electron chi connectivity index (χ4n) is 3.69. The maximum atomic E-state index is 12.9. The summed E-state index contributed by atoms with van der Waals surface area (Å²) in [5.74, 6) is 0.150. The van der Waals surface area contributed by atoms with Crippen LogP contribution in [0.2, 0.25) is 0 Å². The highest BCUT2D eigenvalue weighted by Gasteiger charge is 2.27. The predicted molar refractivity (Wildman–Crippen MR) is 110 cm³/mol. The summed E-state index contributed by atoms with van der Waals surface area (Å²) in [6, 6.07) is 19.8. The summed E-state index contributed by atoms with van der Waals surface area (Å²) in [6.07, 6.45) is 1.78. The summed E-state index contributed by atoms with van der Waals surface area (Å²) in [7, 11) is 0. The van der Waals surface area contributed by atoms with Gasteiger partial charge in [-0.15, -0.1) is 6.58 Å². The van der Waals surface area contributed by atoms with E-state index in [-0.39, 0.29) is 5.91 Å². The van der Waals surface area contributed by atoms with Crippen LogP contribution in [0.5, 0.6) is 0 Å². The number of nitrogens with one attached hydrogen (secondary N) is 2. The molecule has 0 spiro atoms. The van der Waals surface area contributed by atoms with Gasteiger partial charge in [-0.25, -0.2) is 0 Å². The number of anilines is 1. The Labute approximate surface area is 167 Å². The van der Waals surface area contributed by atoms with E-state index >= 15 is 0 Å². The van der Waals surface area contributed by atoms with Crippen LogP contribution < -0.4 is 14.7 Å². The number of quaternary nitrogens is 2. The van der Waals surface area contributed by atoms with Crippen molar-refractivity contribution in [1.82, 2.24) is 0 Å². The summed E-state index contributed by atoms with van der Waals surface area (Å²) in [5.41, 5.74) is 2.89. The van der Waals surface area contributed by atoms with Crippen molar-refractivity contribution in [3.63, 3.8) is 0 Å². The fraction of sp³-hybridized carbons (Fsp3) is 0.304. The van der Waals surface area contributed by atoms with E-state index in [0.717, 1.165) is 38.4 Å². The topological polar surface area (TPSA) is 53.0 Å². The lowest BCUT2D eigenvalue weighted by Gasteiger charge is -2.31. The van der Waals surface area contributed by atoms with Gasteiger partial charge < -0.3 is 14.7 Å². The average Bonchev–Trinajstić information content (AvgIpc) is 2.74. The molecule has 2 N–H and O–H groups in total. The van der Waals surface area contributed by atoms with Crippen molar-refractivity contribution in [3.8, 4) is 6.07 Å². The third-order valence-corrected chi connectivity index (χ3v) is 5.28. The molecule has 5 nitrogen and oxygen atoms in total. The van der Waals surface area contributed by atoms with Gasteiger partial charge in [0, 0.05) is 17.8 Å². The van der Waals surface area contributed by atoms with E-state index < -0.39 is 0 Å². The minimum absolute atomic E-state index is 0.150. The van der Waals surface area contributed by atoms with E-state index in [1.807, 2.05) is 59.5 Å². The highest BCUT2D eigenvalue weighted by atomic mass is 16.2. The molecule has 1 amide bonds. The summed E-state index contributed by atoms with van der Waals surface area (Å²) in [5, 5.41) is 8.90. The molecule has 1 fully saturated rings. The van der Waals surface area contributed by atoms with Crippen molar-refractivity contribution in [2.45, 2.75) is 6.54 Å². The highest BCUT2D eigenvalue weighted by molar-refractivity contribution is 5.94. The van der Waals surface area contributed by atoms with E-state index in [2.05, 4.69) is 12.6 Å². The number of nitrogens with zero attached hydrogens (tertiary/aromatic N) is 2. The number of hydrogen-bond acceptors (Lipinski definition) is 2. The van der Waals surface area contributed by atoms with Gasteiger partial charge in [0.25, 0.3) is 5.91 Å². The van der Waals surface area contributed by atoms with Crippen molar-refractivity contribution in [2.24, 2.45) is 0 Å². The monoisotopic (exact) mass is 376 g/mol. The molecule has 0 radical (unpaired) electrons. The molecule has 144 valence electrons. The molecule has 0 aliphatic carbocycles. The Morgan fingerprint density at radius 2 is 1.68 bits per heavy atom. The molecule has 1 aliphatic heterocycles. The van der Waals surface area contributed by atoms with E-state index in [1.165, 1.54) is 15.4 Å². The third-order valence-electron chi connectivity index (χ3n) is 5.28. The molecule has 0 aromatic heterocycles. The Hall–Kier alpha value is -2.94. The third kappa shape index (κ3) is 5.29. The zero-order valence-electron chi connectivity index (χ0n) is 16.2. The normalized spacial score (nSPS) is 18.8. The first-order valence-electron chi connectivity index (χ1n) is 9.82. The number of nitriles is 1. The SMILES string of the molecule is C=CCN(C(=O)C[NH+]1CC[NH+](Cc2ccc(C#N)cc2)CC1)c1ccccc1. The van der Waals surface area contributed by atoms with Crippen LogP contribution in [0.25, 0.3) is 0 Å². The van der Waals surface area contributed by atoms with E-state index in [1.54, 1.807) is 6.08 Å². The van der Waals surface area contributed by atoms with Gasteiger partial charge in [-0.3, -0.25) is 4.79 Å². The summed E-state index contributed by atoms with van der Waals surface area (Å²) in [4.78, 5) is 17.6. The van der Waals surface area contributed by atoms with Crippen molar-refractivity contribution < 1.29 is 14.6 Å².